The average molecular weight is 691 g/mol. The number of aryl methyl sites for hydroxylation is 1. The van der Waals surface area contributed by atoms with Gasteiger partial charge in [-0.25, -0.2) is 32.8 Å². The molecule has 4 amide bonds. The number of hydrazone groups is 2. The van der Waals surface area contributed by atoms with Gasteiger partial charge in [0.2, 0.25) is 0 Å². The SMILES string of the molecule is Cc1ccc(F)c(C2=NN(C(=O)N3CCCC3)C(c3cccc(C4C(c5cc(F)ccc5F)=NN(C(=O)N5CCC5)C4c4ccccc4)c3)C2)c1. The Morgan fingerprint density at radius 1 is 0.647 bits per heavy atom. The number of nitrogens with zero attached hydrogens (tertiary/aromatic N) is 6. The van der Waals surface area contributed by atoms with Crippen LogP contribution in [-0.2, 0) is 0 Å². The summed E-state index contributed by atoms with van der Waals surface area (Å²) in [7, 11) is 0. The smallest absolute Gasteiger partial charge is 0.323 e. The molecule has 2 saturated heterocycles. The molecule has 0 aromatic heterocycles. The van der Waals surface area contributed by atoms with Crippen LogP contribution in [0.5, 0.6) is 0 Å². The first-order valence-corrected chi connectivity index (χ1v) is 17.5. The summed E-state index contributed by atoms with van der Waals surface area (Å²) >= 11 is 0. The summed E-state index contributed by atoms with van der Waals surface area (Å²) in [5, 5.41) is 12.4. The van der Waals surface area contributed by atoms with Gasteiger partial charge in [-0.2, -0.15) is 10.2 Å². The van der Waals surface area contributed by atoms with Crippen molar-refractivity contribution >= 4 is 23.5 Å². The first-order chi connectivity index (χ1) is 24.8. The van der Waals surface area contributed by atoms with E-state index in [1.54, 1.807) is 21.9 Å². The van der Waals surface area contributed by atoms with Crippen molar-refractivity contribution in [2.45, 2.75) is 50.6 Å². The first-order valence-electron chi connectivity index (χ1n) is 17.5. The Balaban J connectivity index is 1.24. The molecule has 0 radical (unpaired) electrons. The first kappa shape index (κ1) is 32.7. The highest BCUT2D eigenvalue weighted by atomic mass is 19.1. The van der Waals surface area contributed by atoms with Crippen LogP contribution in [0.15, 0.2) is 101 Å². The second kappa shape index (κ2) is 13.4. The van der Waals surface area contributed by atoms with Crippen molar-refractivity contribution in [2.24, 2.45) is 10.2 Å². The molecule has 0 aliphatic carbocycles. The molecule has 2 fully saturated rings. The molecule has 0 spiro atoms. The van der Waals surface area contributed by atoms with Crippen molar-refractivity contribution in [1.82, 2.24) is 19.8 Å². The summed E-state index contributed by atoms with van der Waals surface area (Å²) in [4.78, 5) is 31.4. The van der Waals surface area contributed by atoms with E-state index in [0.29, 0.717) is 43.0 Å². The van der Waals surface area contributed by atoms with Crippen molar-refractivity contribution in [2.75, 3.05) is 26.2 Å². The van der Waals surface area contributed by atoms with E-state index in [4.69, 9.17) is 10.2 Å². The number of hydrogen-bond acceptors (Lipinski definition) is 4. The molecule has 4 aromatic rings. The van der Waals surface area contributed by atoms with E-state index in [0.717, 1.165) is 54.2 Å². The topological polar surface area (TPSA) is 71.8 Å². The summed E-state index contributed by atoms with van der Waals surface area (Å²) < 4.78 is 45.6. The quantitative estimate of drug-likeness (QED) is 0.212. The molecule has 51 heavy (non-hydrogen) atoms. The van der Waals surface area contributed by atoms with Crippen LogP contribution in [0.1, 0.15) is 77.1 Å². The van der Waals surface area contributed by atoms with Gasteiger partial charge in [-0.15, -0.1) is 0 Å². The van der Waals surface area contributed by atoms with Crippen molar-refractivity contribution in [3.8, 4) is 0 Å². The van der Waals surface area contributed by atoms with Crippen molar-refractivity contribution in [3.05, 3.63) is 142 Å². The molecule has 4 heterocycles. The second-order valence-electron chi connectivity index (χ2n) is 13.7. The third-order valence-corrected chi connectivity index (χ3v) is 10.3. The molecule has 4 aliphatic heterocycles. The van der Waals surface area contributed by atoms with Crippen LogP contribution in [0.4, 0.5) is 22.8 Å². The van der Waals surface area contributed by atoms with Crippen LogP contribution in [0, 0.1) is 24.4 Å². The van der Waals surface area contributed by atoms with Crippen LogP contribution in [-0.4, -0.2) is 69.5 Å². The van der Waals surface area contributed by atoms with Gasteiger partial charge in [0.25, 0.3) is 0 Å². The monoisotopic (exact) mass is 690 g/mol. The summed E-state index contributed by atoms with van der Waals surface area (Å²) in [6, 6.07) is 23.3. The number of benzene rings is 4. The summed E-state index contributed by atoms with van der Waals surface area (Å²) in [6.07, 6.45) is 2.95. The van der Waals surface area contributed by atoms with Crippen molar-refractivity contribution < 1.29 is 22.8 Å². The Bertz CT molecular complexity index is 2060. The van der Waals surface area contributed by atoms with Crippen LogP contribution in [0.3, 0.4) is 0 Å². The number of halogens is 3. The molecule has 4 aliphatic rings. The molecule has 4 aromatic carbocycles. The minimum atomic E-state index is -0.701. The molecule has 0 bridgehead atoms. The molecular weight excluding hydrogens is 653 g/mol. The summed E-state index contributed by atoms with van der Waals surface area (Å²) in [5.41, 5.74) is 4.11. The Kier molecular flexibility index (Phi) is 8.57. The molecule has 11 heteroatoms. The molecule has 3 atom stereocenters. The van der Waals surface area contributed by atoms with Gasteiger partial charge in [0, 0.05) is 43.7 Å². The van der Waals surface area contributed by atoms with E-state index in [1.807, 2.05) is 61.5 Å². The number of carbonyl (C=O) groups is 2. The van der Waals surface area contributed by atoms with E-state index in [9.17, 15) is 14.0 Å². The zero-order chi connectivity index (χ0) is 35.2. The van der Waals surface area contributed by atoms with Crippen LogP contribution < -0.4 is 0 Å². The second-order valence-corrected chi connectivity index (χ2v) is 13.7. The Hall–Kier alpha value is -5.45. The molecule has 8 nitrogen and oxygen atoms in total. The van der Waals surface area contributed by atoms with E-state index >= 15 is 8.78 Å². The number of likely N-dealkylation sites (tertiary alicyclic amines) is 2. The molecule has 0 saturated carbocycles. The van der Waals surface area contributed by atoms with Crippen molar-refractivity contribution in [3.63, 3.8) is 0 Å². The zero-order valence-electron chi connectivity index (χ0n) is 28.2. The fraction of sp³-hybridized carbons (Fsp3) is 0.300. The molecule has 8 rings (SSSR count). The normalized spacial score (nSPS) is 21.5. The lowest BCUT2D eigenvalue weighted by molar-refractivity contribution is 0.115. The summed E-state index contributed by atoms with van der Waals surface area (Å²) in [5.74, 6) is -2.39. The van der Waals surface area contributed by atoms with Gasteiger partial charge in [0.1, 0.15) is 17.5 Å². The number of hydrogen-bond donors (Lipinski definition) is 0. The van der Waals surface area contributed by atoms with Gasteiger partial charge in [-0.1, -0.05) is 66.2 Å². The standard InChI is InChI=1S/C40H37F3N6O2/c1-25-13-15-32(42)30(21-25)34-24-35(48(44-34)39(50)46-17-5-6-18-46)27-11-7-12-28(22-27)36-37(31-23-29(41)14-16-33(31)43)45-49(40(51)47-19-8-20-47)38(36)26-9-3-2-4-10-26/h2-4,7,9-16,21-23,35-36,38H,5-6,8,17-20,24H2,1H3. The lowest BCUT2D eigenvalue weighted by Gasteiger charge is -2.36. The van der Waals surface area contributed by atoms with Gasteiger partial charge in [-0.3, -0.25) is 0 Å². The van der Waals surface area contributed by atoms with Crippen LogP contribution >= 0.6 is 0 Å². The number of rotatable bonds is 5. The zero-order valence-corrected chi connectivity index (χ0v) is 28.2. The molecule has 3 unspecified atom stereocenters. The summed E-state index contributed by atoms with van der Waals surface area (Å²) in [6.45, 7) is 4.29. The third-order valence-electron chi connectivity index (χ3n) is 10.3. The Labute approximate surface area is 294 Å². The lowest BCUT2D eigenvalue weighted by Crippen LogP contribution is -2.48. The minimum absolute atomic E-state index is 0.0301. The fourth-order valence-electron chi connectivity index (χ4n) is 7.57. The molecular formula is C40H37F3N6O2. The Morgan fingerprint density at radius 3 is 2.02 bits per heavy atom. The molecule has 0 N–H and O–H groups in total. The largest absolute Gasteiger partial charge is 0.341 e. The van der Waals surface area contributed by atoms with E-state index in [-0.39, 0.29) is 29.8 Å². The maximum atomic E-state index is 15.6. The maximum Gasteiger partial charge on any atom is 0.341 e. The predicted octanol–water partition coefficient (Wildman–Crippen LogP) is 8.15. The van der Waals surface area contributed by atoms with Crippen LogP contribution in [0.25, 0.3) is 0 Å². The van der Waals surface area contributed by atoms with Gasteiger partial charge in [0.05, 0.1) is 29.4 Å². The Morgan fingerprint density at radius 2 is 1.29 bits per heavy atom. The number of urea groups is 2. The number of amides is 4. The van der Waals surface area contributed by atoms with Gasteiger partial charge < -0.3 is 9.80 Å². The third kappa shape index (κ3) is 6.04. The molecule has 260 valence electrons. The van der Waals surface area contributed by atoms with Gasteiger partial charge >= 0.3 is 12.1 Å². The van der Waals surface area contributed by atoms with E-state index in [1.165, 1.54) is 16.1 Å². The highest BCUT2D eigenvalue weighted by Gasteiger charge is 2.46. The minimum Gasteiger partial charge on any atom is -0.323 e. The average Bonchev–Trinajstić information content (AvgIpc) is 3.89. The lowest BCUT2D eigenvalue weighted by atomic mass is 9.81. The van der Waals surface area contributed by atoms with E-state index < -0.39 is 35.5 Å². The number of carbonyl (C=O) groups excluding carboxylic acids is 2. The van der Waals surface area contributed by atoms with Gasteiger partial charge in [-0.05, 0) is 73.2 Å². The van der Waals surface area contributed by atoms with Crippen molar-refractivity contribution in [1.29, 1.82) is 0 Å². The van der Waals surface area contributed by atoms with Gasteiger partial charge in [0.15, 0.2) is 0 Å². The fourth-order valence-corrected chi connectivity index (χ4v) is 7.57. The van der Waals surface area contributed by atoms with E-state index in [2.05, 4.69) is 0 Å². The predicted molar refractivity (Wildman–Crippen MR) is 188 cm³/mol. The maximum absolute atomic E-state index is 15.6. The van der Waals surface area contributed by atoms with Crippen LogP contribution in [0.2, 0.25) is 0 Å². The highest BCUT2D eigenvalue weighted by molar-refractivity contribution is 6.08. The highest BCUT2D eigenvalue weighted by Crippen LogP contribution is 2.46.